The van der Waals surface area contributed by atoms with E-state index in [0.29, 0.717) is 30.3 Å². The normalized spacial score (nSPS) is 15.1. The number of carbonyl (C=O) groups excluding carboxylic acids is 2. The molecule has 356 valence electrons. The van der Waals surface area contributed by atoms with Crippen LogP contribution in [0, 0.1) is 0 Å². The van der Waals surface area contributed by atoms with Crippen molar-refractivity contribution in [2.75, 3.05) is 47.5 Å². The summed E-state index contributed by atoms with van der Waals surface area (Å²) < 4.78 is 34.2. The summed E-state index contributed by atoms with van der Waals surface area (Å²) in [5, 5.41) is 9.85. The summed E-state index contributed by atoms with van der Waals surface area (Å²) in [6.07, 6.45) is 55.9. The summed E-state index contributed by atoms with van der Waals surface area (Å²) in [4.78, 5) is 35.4. The zero-order chi connectivity index (χ0) is 46.5. The van der Waals surface area contributed by atoms with E-state index in [1.807, 2.05) is 63.7 Å². The first kappa shape index (κ1) is 59.4. The minimum absolute atomic E-state index is 0.000211. The summed E-state index contributed by atoms with van der Waals surface area (Å²) in [5.41, 5.74) is 0. The van der Waals surface area contributed by atoms with Gasteiger partial charge in [-0.2, -0.15) is 0 Å². The molecule has 0 aliphatic rings. The van der Waals surface area contributed by atoms with Crippen molar-refractivity contribution >= 4 is 19.8 Å². The molecule has 0 aliphatic carbocycles. The zero-order valence-corrected chi connectivity index (χ0v) is 40.5. The molecule has 3 atom stereocenters. The number of carbonyl (C=O) groups is 2. The molecule has 10 nitrogen and oxygen atoms in total. The van der Waals surface area contributed by atoms with E-state index in [-0.39, 0.29) is 26.1 Å². The number of allylic oxidation sites excluding steroid dienone is 18. The lowest BCUT2D eigenvalue weighted by Gasteiger charge is -2.24. The third kappa shape index (κ3) is 46.2. The number of hydrogen-bond donors (Lipinski definition) is 2. The van der Waals surface area contributed by atoms with E-state index in [1.165, 1.54) is 25.7 Å². The van der Waals surface area contributed by atoms with Crippen LogP contribution in [0.3, 0.4) is 0 Å². The molecule has 0 amide bonds. The van der Waals surface area contributed by atoms with Gasteiger partial charge in [0.1, 0.15) is 19.8 Å². The number of phosphoric ester groups is 1. The van der Waals surface area contributed by atoms with Crippen LogP contribution in [0.2, 0.25) is 0 Å². The Morgan fingerprint density at radius 3 is 1.68 bits per heavy atom. The number of ether oxygens (including phenoxy) is 2. The Bertz CT molecular complexity index is 1500. The molecular formula is C52H85NO9P+. The molecule has 0 aromatic heterocycles. The van der Waals surface area contributed by atoms with E-state index in [9.17, 15) is 24.2 Å². The Labute approximate surface area is 382 Å². The summed E-state index contributed by atoms with van der Waals surface area (Å²) in [7, 11) is 1.37. The Kier molecular flexibility index (Phi) is 39.9. The van der Waals surface area contributed by atoms with E-state index < -0.39 is 38.6 Å². The van der Waals surface area contributed by atoms with Gasteiger partial charge in [-0.1, -0.05) is 155 Å². The summed E-state index contributed by atoms with van der Waals surface area (Å²) in [6.45, 7) is 4.02. The lowest BCUT2D eigenvalue weighted by Crippen LogP contribution is -2.37. The van der Waals surface area contributed by atoms with Crippen LogP contribution >= 0.6 is 7.82 Å². The van der Waals surface area contributed by atoms with Crippen molar-refractivity contribution in [2.45, 2.75) is 148 Å². The van der Waals surface area contributed by atoms with Gasteiger partial charge in [0.15, 0.2) is 6.10 Å². The van der Waals surface area contributed by atoms with Crippen molar-refractivity contribution < 1.29 is 47.2 Å². The largest absolute Gasteiger partial charge is 0.472 e. The van der Waals surface area contributed by atoms with Crippen LogP contribution < -0.4 is 0 Å². The highest BCUT2D eigenvalue weighted by molar-refractivity contribution is 7.47. The Balaban J connectivity index is 4.57. The highest BCUT2D eigenvalue weighted by Crippen LogP contribution is 2.43. The highest BCUT2D eigenvalue weighted by atomic mass is 31.2. The predicted octanol–water partition coefficient (Wildman–Crippen LogP) is 12.7. The molecule has 2 unspecified atom stereocenters. The number of rotatable bonds is 40. The number of aliphatic hydroxyl groups excluding tert-OH is 1. The highest BCUT2D eigenvalue weighted by Gasteiger charge is 2.27. The van der Waals surface area contributed by atoms with Gasteiger partial charge >= 0.3 is 19.8 Å². The van der Waals surface area contributed by atoms with Gasteiger partial charge in [-0.15, -0.1) is 0 Å². The van der Waals surface area contributed by atoms with Crippen molar-refractivity contribution in [1.29, 1.82) is 0 Å². The first-order chi connectivity index (χ1) is 30.4. The molecule has 11 heteroatoms. The molecule has 2 N–H and O–H groups in total. The molecule has 0 aromatic carbocycles. The quantitative estimate of drug-likeness (QED) is 0.0154. The fourth-order valence-corrected chi connectivity index (χ4v) is 6.14. The first-order valence-electron chi connectivity index (χ1n) is 23.4. The van der Waals surface area contributed by atoms with Crippen LogP contribution in [0.4, 0.5) is 0 Å². The number of hydrogen-bond acceptors (Lipinski definition) is 8. The molecular weight excluding hydrogens is 814 g/mol. The molecule has 0 rings (SSSR count). The number of phosphoric acid groups is 1. The van der Waals surface area contributed by atoms with Crippen LogP contribution in [0.15, 0.2) is 122 Å². The Hall–Kier alpha value is -3.63. The van der Waals surface area contributed by atoms with E-state index in [1.54, 1.807) is 6.08 Å². The first-order valence-corrected chi connectivity index (χ1v) is 24.9. The Morgan fingerprint density at radius 2 is 1.13 bits per heavy atom. The van der Waals surface area contributed by atoms with Crippen molar-refractivity contribution in [2.24, 2.45) is 0 Å². The fourth-order valence-electron chi connectivity index (χ4n) is 5.40. The van der Waals surface area contributed by atoms with Crippen LogP contribution in [0.1, 0.15) is 136 Å². The van der Waals surface area contributed by atoms with Crippen molar-refractivity contribution in [3.8, 4) is 0 Å². The minimum Gasteiger partial charge on any atom is -0.462 e. The number of unbranched alkanes of at least 4 members (excludes halogenated alkanes) is 6. The van der Waals surface area contributed by atoms with Gasteiger partial charge in [-0.25, -0.2) is 4.57 Å². The van der Waals surface area contributed by atoms with Crippen LogP contribution in [0.5, 0.6) is 0 Å². The lowest BCUT2D eigenvalue weighted by molar-refractivity contribution is -0.870. The van der Waals surface area contributed by atoms with Crippen LogP contribution in [-0.2, 0) is 32.7 Å². The number of quaternary nitrogens is 1. The summed E-state index contributed by atoms with van der Waals surface area (Å²) in [5.74, 6) is -0.968. The molecule has 0 aromatic rings. The third-order valence-electron chi connectivity index (χ3n) is 9.07. The average molecular weight is 899 g/mol. The van der Waals surface area contributed by atoms with Gasteiger partial charge in [0.05, 0.1) is 33.9 Å². The molecule has 0 bridgehead atoms. The van der Waals surface area contributed by atoms with Gasteiger partial charge in [-0.05, 0) is 89.9 Å². The van der Waals surface area contributed by atoms with E-state index in [2.05, 4.69) is 86.8 Å². The topological polar surface area (TPSA) is 129 Å². The maximum Gasteiger partial charge on any atom is 0.472 e. The minimum atomic E-state index is -4.42. The fraction of sp³-hybridized carbons (Fsp3) is 0.577. The predicted molar refractivity (Wildman–Crippen MR) is 262 cm³/mol. The van der Waals surface area contributed by atoms with E-state index in [0.717, 1.165) is 64.2 Å². The molecule has 0 fully saturated rings. The Morgan fingerprint density at radius 1 is 0.587 bits per heavy atom. The van der Waals surface area contributed by atoms with E-state index in [4.69, 9.17) is 18.5 Å². The average Bonchev–Trinajstić information content (AvgIpc) is 3.23. The van der Waals surface area contributed by atoms with Crippen molar-refractivity contribution in [3.63, 3.8) is 0 Å². The molecule has 0 aliphatic heterocycles. The zero-order valence-electron chi connectivity index (χ0n) is 39.6. The third-order valence-corrected chi connectivity index (χ3v) is 10.1. The maximum atomic E-state index is 12.7. The van der Waals surface area contributed by atoms with Gasteiger partial charge < -0.3 is 24.0 Å². The van der Waals surface area contributed by atoms with Gasteiger partial charge in [0, 0.05) is 12.8 Å². The number of likely N-dealkylation sites (N-methyl/N-ethyl adjacent to an activating group) is 1. The number of aliphatic hydroxyl groups is 1. The monoisotopic (exact) mass is 899 g/mol. The second-order valence-corrected chi connectivity index (χ2v) is 17.7. The lowest BCUT2D eigenvalue weighted by atomic mass is 10.1. The summed E-state index contributed by atoms with van der Waals surface area (Å²) in [6, 6.07) is 0. The second-order valence-electron chi connectivity index (χ2n) is 16.2. The molecule has 0 heterocycles. The van der Waals surface area contributed by atoms with Crippen molar-refractivity contribution in [1.82, 2.24) is 0 Å². The van der Waals surface area contributed by atoms with Gasteiger partial charge in [0.2, 0.25) is 0 Å². The summed E-state index contributed by atoms with van der Waals surface area (Å²) >= 11 is 0. The number of esters is 2. The van der Waals surface area contributed by atoms with Gasteiger partial charge in [0.25, 0.3) is 0 Å². The molecule has 0 saturated carbocycles. The maximum absolute atomic E-state index is 12.7. The van der Waals surface area contributed by atoms with Gasteiger partial charge in [-0.3, -0.25) is 18.6 Å². The van der Waals surface area contributed by atoms with Crippen LogP contribution in [-0.4, -0.2) is 86.1 Å². The molecule has 0 spiro atoms. The SMILES string of the molecule is CC/C=C\CC(O)/C=C/C=C/C/C=C\C/C=C\C/C=C\CCC(=O)OC[C@H](COP(=O)(O)OCC[N+](C)(C)C)OC(=O)CCCCC/C=C\C/C=C\C/C=C\C/C=C\CCCCC. The van der Waals surface area contributed by atoms with Crippen LogP contribution in [0.25, 0.3) is 0 Å². The second kappa shape index (κ2) is 42.3. The van der Waals surface area contributed by atoms with E-state index >= 15 is 0 Å². The molecule has 0 radical (unpaired) electrons. The smallest absolute Gasteiger partial charge is 0.462 e. The molecule has 0 saturated heterocycles. The standard InChI is InChI=1S/C52H84NO9P/c1-6-8-10-11-12-13-14-15-16-17-18-19-20-23-27-30-33-36-40-44-52(56)62-50(48-61-63(57,58)60-46-45-53(3,4)5)47-59-51(55)43-39-35-32-29-26-24-21-22-25-28-31-34-38-42-49(54)41-37-9-7-2/h9,12-13,15-16,18-19,22-27,31-32,34-35,37-38,42,49-50,54H,6-8,10-11,14,17,20-21,28-30,33,36,39-41,43-48H2,1-5H3/p+1/b13-12-,16-15-,19-18-,25-22-,26-24-,27-23-,34-31+,35-32-,37-9-,42-38+/t49?,50-/m1/s1. The molecule has 63 heavy (non-hydrogen) atoms. The number of nitrogens with zero attached hydrogens (tertiary/aromatic N) is 1. The van der Waals surface area contributed by atoms with Crippen molar-refractivity contribution in [3.05, 3.63) is 122 Å².